The Bertz CT molecular complexity index is 468. The van der Waals surface area contributed by atoms with Gasteiger partial charge in [0.2, 0.25) is 5.91 Å². The fourth-order valence-electron chi connectivity index (χ4n) is 1.72. The van der Waals surface area contributed by atoms with E-state index in [0.717, 1.165) is 10.1 Å². The first-order valence-corrected chi connectivity index (χ1v) is 8.00. The summed E-state index contributed by atoms with van der Waals surface area (Å²) >= 11 is 5.21. The van der Waals surface area contributed by atoms with E-state index in [0.29, 0.717) is 11.8 Å². The molecule has 1 saturated heterocycles. The molecule has 1 fully saturated rings. The lowest BCUT2D eigenvalue weighted by Gasteiger charge is -2.40. The van der Waals surface area contributed by atoms with E-state index < -0.39 is 0 Å². The van der Waals surface area contributed by atoms with E-state index >= 15 is 0 Å². The molecule has 0 N–H and O–H groups in total. The summed E-state index contributed by atoms with van der Waals surface area (Å²) < 4.78 is 1.08. The van der Waals surface area contributed by atoms with E-state index in [1.807, 2.05) is 35.3 Å². The second-order valence-electron chi connectivity index (χ2n) is 3.62. The lowest BCUT2D eigenvalue weighted by molar-refractivity contribution is -0.137. The van der Waals surface area contributed by atoms with Gasteiger partial charge in [-0.2, -0.15) is 0 Å². The Labute approximate surface area is 106 Å². The summed E-state index contributed by atoms with van der Waals surface area (Å²) in [5.74, 6) is 1.23. The molecule has 16 heavy (non-hydrogen) atoms. The molecule has 1 aromatic heterocycles. The third kappa shape index (κ3) is 1.69. The quantitative estimate of drug-likeness (QED) is 0.611. The zero-order chi connectivity index (χ0) is 11.1. The smallest absolute Gasteiger partial charge is 0.230 e. The van der Waals surface area contributed by atoms with Crippen LogP contribution in [0.3, 0.4) is 0 Å². The van der Waals surface area contributed by atoms with Gasteiger partial charge < -0.3 is 4.90 Å². The minimum absolute atomic E-state index is 0.240. The van der Waals surface area contributed by atoms with Gasteiger partial charge in [-0.3, -0.25) is 4.79 Å². The number of carbonyl (C=O) groups excluding carboxylic acids is 1. The standard InChI is InChI=1S/C10H10N2OS3/c1-14-10-11-3-7(16-10)6-4-12-8(13)2-9(12)15-5-6/h3-4,9H,2,5H2,1H3. The van der Waals surface area contributed by atoms with Gasteiger partial charge in [0, 0.05) is 18.1 Å². The molecule has 2 aliphatic heterocycles. The van der Waals surface area contributed by atoms with E-state index in [9.17, 15) is 4.79 Å². The molecule has 1 amide bonds. The van der Waals surface area contributed by atoms with Crippen molar-refractivity contribution in [3.63, 3.8) is 0 Å². The van der Waals surface area contributed by atoms with Crippen LogP contribution in [0.2, 0.25) is 0 Å². The van der Waals surface area contributed by atoms with Crippen LogP contribution < -0.4 is 0 Å². The molecular weight excluding hydrogens is 260 g/mol. The summed E-state index contributed by atoms with van der Waals surface area (Å²) in [6, 6.07) is 0. The Kier molecular flexibility index (Phi) is 2.73. The third-order valence-corrected chi connectivity index (χ3v) is 5.98. The van der Waals surface area contributed by atoms with Crippen LogP contribution in [-0.4, -0.2) is 33.2 Å². The van der Waals surface area contributed by atoms with Crippen LogP contribution in [0.5, 0.6) is 0 Å². The van der Waals surface area contributed by atoms with Crippen molar-refractivity contribution in [3.8, 4) is 0 Å². The number of aromatic nitrogens is 1. The number of β-lactam (4-membered cyclic amide) rings is 1. The molecule has 6 heteroatoms. The molecule has 0 bridgehead atoms. The van der Waals surface area contributed by atoms with Gasteiger partial charge in [-0.15, -0.1) is 23.1 Å². The summed E-state index contributed by atoms with van der Waals surface area (Å²) in [6.07, 6.45) is 6.65. The molecule has 3 nitrogen and oxygen atoms in total. The van der Waals surface area contributed by atoms with Crippen LogP contribution in [0.1, 0.15) is 11.3 Å². The van der Waals surface area contributed by atoms with Crippen LogP contribution in [0, 0.1) is 0 Å². The minimum Gasteiger partial charge on any atom is -0.306 e. The normalized spacial score (nSPS) is 23.8. The van der Waals surface area contributed by atoms with Gasteiger partial charge in [0.15, 0.2) is 0 Å². The number of thioether (sulfide) groups is 2. The number of hydrogen-bond acceptors (Lipinski definition) is 5. The molecule has 3 heterocycles. The maximum absolute atomic E-state index is 11.4. The number of fused-ring (bicyclic) bond motifs is 1. The zero-order valence-electron chi connectivity index (χ0n) is 8.67. The lowest BCUT2D eigenvalue weighted by atomic mass is 10.2. The topological polar surface area (TPSA) is 33.2 Å². The Balaban J connectivity index is 1.87. The first kappa shape index (κ1) is 10.7. The van der Waals surface area contributed by atoms with Crippen LogP contribution in [-0.2, 0) is 4.79 Å². The second kappa shape index (κ2) is 4.09. The first-order valence-electron chi connectivity index (χ1n) is 4.91. The molecule has 1 aromatic rings. The van der Waals surface area contributed by atoms with Crippen molar-refractivity contribution in [1.29, 1.82) is 0 Å². The SMILES string of the molecule is CSc1ncc(C2=CN3C(=O)CC3SC2)s1. The van der Waals surface area contributed by atoms with Gasteiger partial charge in [-0.25, -0.2) is 4.98 Å². The van der Waals surface area contributed by atoms with Crippen LogP contribution in [0.4, 0.5) is 0 Å². The number of carbonyl (C=O) groups is 1. The van der Waals surface area contributed by atoms with Crippen molar-refractivity contribution in [2.45, 2.75) is 16.1 Å². The molecule has 0 spiro atoms. The highest BCUT2D eigenvalue weighted by atomic mass is 32.2. The average molecular weight is 270 g/mol. The molecule has 2 aliphatic rings. The lowest BCUT2D eigenvalue weighted by Crippen LogP contribution is -2.48. The molecule has 3 rings (SSSR count). The van der Waals surface area contributed by atoms with Crippen LogP contribution in [0.15, 0.2) is 16.7 Å². The zero-order valence-corrected chi connectivity index (χ0v) is 11.1. The largest absolute Gasteiger partial charge is 0.306 e. The summed E-state index contributed by atoms with van der Waals surface area (Å²) in [5.41, 5.74) is 1.23. The monoisotopic (exact) mass is 270 g/mol. The number of thiazole rings is 1. The Morgan fingerprint density at radius 1 is 1.62 bits per heavy atom. The predicted octanol–water partition coefficient (Wildman–Crippen LogP) is 2.51. The fraction of sp³-hybridized carbons (Fsp3) is 0.400. The summed E-state index contributed by atoms with van der Waals surface area (Å²) in [5, 5.41) is 0.393. The van der Waals surface area contributed by atoms with Gasteiger partial charge in [-0.05, 0) is 11.8 Å². The van der Waals surface area contributed by atoms with E-state index in [1.165, 1.54) is 10.5 Å². The van der Waals surface area contributed by atoms with Gasteiger partial charge in [0.1, 0.15) is 4.34 Å². The maximum Gasteiger partial charge on any atom is 0.230 e. The second-order valence-corrected chi connectivity index (χ2v) is 6.87. The van der Waals surface area contributed by atoms with E-state index in [-0.39, 0.29) is 5.91 Å². The number of hydrogen-bond donors (Lipinski definition) is 0. The maximum atomic E-state index is 11.4. The third-order valence-electron chi connectivity index (χ3n) is 2.65. The number of rotatable bonds is 2. The molecule has 1 atom stereocenters. The average Bonchev–Trinajstić information content (AvgIpc) is 2.76. The van der Waals surface area contributed by atoms with Gasteiger partial charge in [-0.1, -0.05) is 11.8 Å². The highest BCUT2D eigenvalue weighted by Crippen LogP contribution is 2.40. The fourth-order valence-corrected chi connectivity index (χ4v) is 4.43. The highest BCUT2D eigenvalue weighted by Gasteiger charge is 2.38. The summed E-state index contributed by atoms with van der Waals surface area (Å²) in [4.78, 5) is 18.7. The van der Waals surface area contributed by atoms with E-state index in [2.05, 4.69) is 4.98 Å². The van der Waals surface area contributed by atoms with Crippen molar-refractivity contribution in [2.75, 3.05) is 12.0 Å². The predicted molar refractivity (Wildman–Crippen MR) is 69.6 cm³/mol. The molecule has 1 unspecified atom stereocenters. The van der Waals surface area contributed by atoms with Crippen LogP contribution in [0.25, 0.3) is 5.57 Å². The van der Waals surface area contributed by atoms with E-state index in [4.69, 9.17) is 0 Å². The van der Waals surface area contributed by atoms with Gasteiger partial charge >= 0.3 is 0 Å². The Hall–Kier alpha value is -0.460. The van der Waals surface area contributed by atoms with Crippen molar-refractivity contribution < 1.29 is 4.79 Å². The van der Waals surface area contributed by atoms with E-state index in [1.54, 1.807) is 23.1 Å². The molecule has 0 aliphatic carbocycles. The Morgan fingerprint density at radius 3 is 3.19 bits per heavy atom. The van der Waals surface area contributed by atoms with Crippen LogP contribution >= 0.6 is 34.9 Å². The number of amides is 1. The molecule has 84 valence electrons. The molecule has 0 radical (unpaired) electrons. The van der Waals surface area contributed by atoms with Crippen molar-refractivity contribution >= 4 is 46.3 Å². The minimum atomic E-state index is 0.240. The number of nitrogens with zero attached hydrogens (tertiary/aromatic N) is 2. The molecule has 0 saturated carbocycles. The summed E-state index contributed by atoms with van der Waals surface area (Å²) in [6.45, 7) is 0. The molecular formula is C10H10N2OS3. The van der Waals surface area contributed by atoms with Crippen molar-refractivity contribution in [3.05, 3.63) is 17.3 Å². The van der Waals surface area contributed by atoms with Gasteiger partial charge in [0.25, 0.3) is 0 Å². The van der Waals surface area contributed by atoms with Crippen molar-refractivity contribution in [1.82, 2.24) is 9.88 Å². The Morgan fingerprint density at radius 2 is 2.50 bits per heavy atom. The highest BCUT2D eigenvalue weighted by molar-refractivity contribution is 8.00. The van der Waals surface area contributed by atoms with Gasteiger partial charge in [0.05, 0.1) is 16.7 Å². The first-order chi connectivity index (χ1) is 7.78. The van der Waals surface area contributed by atoms with Crippen molar-refractivity contribution in [2.24, 2.45) is 0 Å². The summed E-state index contributed by atoms with van der Waals surface area (Å²) in [7, 11) is 0. The molecule has 0 aromatic carbocycles.